The maximum absolute atomic E-state index is 12.4. The second-order valence-corrected chi connectivity index (χ2v) is 6.25. The van der Waals surface area contributed by atoms with Crippen LogP contribution in [0.1, 0.15) is 24.2 Å². The first-order chi connectivity index (χ1) is 14.2. The molecule has 4 rings (SSSR count). The molecule has 29 heavy (non-hydrogen) atoms. The molecular formula is C21H19N7O. The average molecular weight is 385 g/mol. The summed E-state index contributed by atoms with van der Waals surface area (Å²) < 4.78 is 1.65. The molecule has 0 atom stereocenters. The van der Waals surface area contributed by atoms with Gasteiger partial charge < -0.3 is 10.6 Å². The SMILES string of the molecule is CC=c1nc(Nc2ccc(C(=O)Nc3ccccc3)cc2)c2nnnn2c1=CC. The normalized spacial score (nSPS) is 12.3. The van der Waals surface area contributed by atoms with Crippen molar-refractivity contribution in [1.29, 1.82) is 0 Å². The molecule has 2 aromatic heterocycles. The summed E-state index contributed by atoms with van der Waals surface area (Å²) in [5.74, 6) is 0.366. The molecule has 0 spiro atoms. The molecule has 4 aromatic rings. The van der Waals surface area contributed by atoms with Gasteiger partial charge in [0.25, 0.3) is 5.91 Å². The van der Waals surface area contributed by atoms with Crippen molar-refractivity contribution in [3.63, 3.8) is 0 Å². The second-order valence-electron chi connectivity index (χ2n) is 6.25. The number of amides is 1. The molecule has 2 aromatic carbocycles. The predicted molar refractivity (Wildman–Crippen MR) is 112 cm³/mol. The first-order valence-electron chi connectivity index (χ1n) is 9.14. The molecule has 0 aliphatic carbocycles. The van der Waals surface area contributed by atoms with E-state index in [-0.39, 0.29) is 5.91 Å². The van der Waals surface area contributed by atoms with Crippen LogP contribution in [0.3, 0.4) is 0 Å². The van der Waals surface area contributed by atoms with Crippen molar-refractivity contribution in [1.82, 2.24) is 25.0 Å². The maximum Gasteiger partial charge on any atom is 0.255 e. The summed E-state index contributed by atoms with van der Waals surface area (Å²) in [5.41, 5.74) is 2.60. The molecule has 0 aliphatic heterocycles. The lowest BCUT2D eigenvalue weighted by Crippen LogP contribution is -2.35. The molecule has 0 fully saturated rings. The van der Waals surface area contributed by atoms with Gasteiger partial charge in [-0.15, -0.1) is 5.10 Å². The maximum atomic E-state index is 12.4. The van der Waals surface area contributed by atoms with E-state index in [4.69, 9.17) is 0 Å². The van der Waals surface area contributed by atoms with E-state index >= 15 is 0 Å². The number of hydrogen-bond acceptors (Lipinski definition) is 6. The van der Waals surface area contributed by atoms with Crippen LogP contribution >= 0.6 is 0 Å². The van der Waals surface area contributed by atoms with Crippen LogP contribution in [0.25, 0.3) is 17.8 Å². The number of rotatable bonds is 4. The zero-order valence-corrected chi connectivity index (χ0v) is 16.0. The highest BCUT2D eigenvalue weighted by Gasteiger charge is 2.10. The van der Waals surface area contributed by atoms with Crippen LogP contribution in [0.15, 0.2) is 54.6 Å². The van der Waals surface area contributed by atoms with E-state index in [1.54, 1.807) is 16.6 Å². The number of benzene rings is 2. The quantitative estimate of drug-likeness (QED) is 0.559. The van der Waals surface area contributed by atoms with Gasteiger partial charge in [0.1, 0.15) is 0 Å². The Morgan fingerprint density at radius 2 is 1.72 bits per heavy atom. The Bertz CT molecular complexity index is 1280. The molecule has 0 saturated heterocycles. The van der Waals surface area contributed by atoms with Crippen LogP contribution in [0.5, 0.6) is 0 Å². The fraction of sp³-hybridized carbons (Fsp3) is 0.0952. The molecule has 144 valence electrons. The average Bonchev–Trinajstić information content (AvgIpc) is 3.25. The number of anilines is 3. The van der Waals surface area contributed by atoms with Crippen molar-refractivity contribution in [2.24, 2.45) is 0 Å². The van der Waals surface area contributed by atoms with Gasteiger partial charge in [-0.05, 0) is 60.7 Å². The number of carbonyl (C=O) groups excluding carboxylic acids is 1. The lowest BCUT2D eigenvalue weighted by Gasteiger charge is -2.08. The van der Waals surface area contributed by atoms with Crippen LogP contribution < -0.4 is 21.3 Å². The third kappa shape index (κ3) is 3.68. The molecule has 1 amide bonds. The predicted octanol–water partition coefficient (Wildman–Crippen LogP) is 2.12. The fourth-order valence-electron chi connectivity index (χ4n) is 2.97. The van der Waals surface area contributed by atoms with Gasteiger partial charge in [-0.25, -0.2) is 4.98 Å². The number of aromatic nitrogens is 5. The summed E-state index contributed by atoms with van der Waals surface area (Å²) in [5, 5.41) is 19.6. The molecule has 0 unspecified atom stereocenters. The topological polar surface area (TPSA) is 97.1 Å². The Hall–Kier alpha value is -4.07. The Kier molecular flexibility index (Phi) is 4.98. The number of nitrogens with zero attached hydrogens (tertiary/aromatic N) is 5. The summed E-state index contributed by atoms with van der Waals surface area (Å²) in [6.07, 6.45) is 3.81. The minimum Gasteiger partial charge on any atom is -0.337 e. The molecular weight excluding hydrogens is 366 g/mol. The number of carbonyl (C=O) groups is 1. The van der Waals surface area contributed by atoms with Crippen molar-refractivity contribution < 1.29 is 4.79 Å². The molecule has 0 radical (unpaired) electrons. The molecule has 2 N–H and O–H groups in total. The number of fused-ring (bicyclic) bond motifs is 1. The highest BCUT2D eigenvalue weighted by molar-refractivity contribution is 6.04. The highest BCUT2D eigenvalue weighted by atomic mass is 16.1. The van der Waals surface area contributed by atoms with Crippen LogP contribution in [-0.4, -0.2) is 30.9 Å². The van der Waals surface area contributed by atoms with E-state index in [2.05, 4.69) is 31.1 Å². The molecule has 8 nitrogen and oxygen atoms in total. The van der Waals surface area contributed by atoms with Crippen LogP contribution in [-0.2, 0) is 0 Å². The van der Waals surface area contributed by atoms with Gasteiger partial charge in [-0.1, -0.05) is 30.4 Å². The summed E-state index contributed by atoms with van der Waals surface area (Å²) in [7, 11) is 0. The van der Waals surface area contributed by atoms with Gasteiger partial charge in [0, 0.05) is 16.9 Å². The van der Waals surface area contributed by atoms with Crippen molar-refractivity contribution >= 4 is 40.9 Å². The van der Waals surface area contributed by atoms with Crippen molar-refractivity contribution in [3.05, 3.63) is 70.9 Å². The minimum atomic E-state index is -0.171. The Morgan fingerprint density at radius 3 is 2.41 bits per heavy atom. The van der Waals surface area contributed by atoms with Gasteiger partial charge in [0.2, 0.25) is 5.65 Å². The molecule has 0 aliphatic rings. The standard InChI is InChI=1S/C21H19N7O/c1-3-17-18(4-2)28-20(25-26-27-28)19(24-17)22-16-12-10-14(11-13-16)21(29)23-15-8-6-5-7-9-15/h3-13H,1-2H3,(H,22,24)(H,23,29). The number of hydrogen-bond donors (Lipinski definition) is 2. The first-order valence-corrected chi connectivity index (χ1v) is 9.14. The summed E-state index contributed by atoms with van der Waals surface area (Å²) in [6.45, 7) is 3.83. The van der Waals surface area contributed by atoms with E-state index in [0.717, 1.165) is 22.1 Å². The molecule has 2 heterocycles. The smallest absolute Gasteiger partial charge is 0.255 e. The van der Waals surface area contributed by atoms with E-state index < -0.39 is 0 Å². The third-order valence-corrected chi connectivity index (χ3v) is 4.39. The monoisotopic (exact) mass is 385 g/mol. The third-order valence-electron chi connectivity index (χ3n) is 4.39. The van der Waals surface area contributed by atoms with Crippen LogP contribution in [0, 0.1) is 0 Å². The second kappa shape index (κ2) is 7.89. The lowest BCUT2D eigenvalue weighted by molar-refractivity contribution is 0.102. The molecule has 0 bridgehead atoms. The largest absolute Gasteiger partial charge is 0.337 e. The minimum absolute atomic E-state index is 0.171. The Balaban J connectivity index is 1.60. The molecule has 8 heteroatoms. The van der Waals surface area contributed by atoms with E-state index in [9.17, 15) is 4.79 Å². The molecule has 0 saturated carbocycles. The lowest BCUT2D eigenvalue weighted by atomic mass is 10.2. The zero-order chi connectivity index (χ0) is 20.2. The summed E-state index contributed by atoms with van der Waals surface area (Å²) >= 11 is 0. The Morgan fingerprint density at radius 1 is 0.966 bits per heavy atom. The van der Waals surface area contributed by atoms with Crippen LogP contribution in [0.4, 0.5) is 17.2 Å². The van der Waals surface area contributed by atoms with E-state index in [1.165, 1.54) is 0 Å². The zero-order valence-electron chi connectivity index (χ0n) is 16.0. The van der Waals surface area contributed by atoms with Gasteiger partial charge >= 0.3 is 0 Å². The van der Waals surface area contributed by atoms with Crippen LogP contribution in [0.2, 0.25) is 0 Å². The van der Waals surface area contributed by atoms with Gasteiger partial charge in [0.15, 0.2) is 5.82 Å². The fourth-order valence-corrected chi connectivity index (χ4v) is 2.97. The summed E-state index contributed by atoms with van der Waals surface area (Å²) in [6, 6.07) is 16.5. The Labute approximate surface area is 166 Å². The van der Waals surface area contributed by atoms with Gasteiger partial charge in [-0.2, -0.15) is 4.52 Å². The first kappa shape index (κ1) is 18.3. The number of tetrazole rings is 1. The highest BCUT2D eigenvalue weighted by Crippen LogP contribution is 2.17. The number of para-hydroxylation sites is 1. The van der Waals surface area contributed by atoms with E-state index in [0.29, 0.717) is 17.0 Å². The number of nitrogens with one attached hydrogen (secondary N) is 2. The van der Waals surface area contributed by atoms with Crippen molar-refractivity contribution in [3.8, 4) is 0 Å². The van der Waals surface area contributed by atoms with E-state index in [1.807, 2.05) is 68.5 Å². The van der Waals surface area contributed by atoms with Gasteiger partial charge in [0.05, 0.1) is 10.7 Å². The summed E-state index contributed by atoms with van der Waals surface area (Å²) in [4.78, 5) is 17.0. The van der Waals surface area contributed by atoms with Crippen molar-refractivity contribution in [2.75, 3.05) is 10.6 Å². The van der Waals surface area contributed by atoms with Crippen molar-refractivity contribution in [2.45, 2.75) is 13.8 Å². The van der Waals surface area contributed by atoms with Gasteiger partial charge in [-0.3, -0.25) is 4.79 Å².